The van der Waals surface area contributed by atoms with Crippen LogP contribution in [-0.2, 0) is 0 Å². The number of benzene rings is 1. The van der Waals surface area contributed by atoms with E-state index in [1.807, 2.05) is 23.3 Å². The number of fused-ring (bicyclic) bond motifs is 1. The average molecular weight is 545 g/mol. The molecule has 1 aromatic carbocycles. The summed E-state index contributed by atoms with van der Waals surface area (Å²) >= 11 is 8.07. The highest BCUT2D eigenvalue weighted by Crippen LogP contribution is 2.45. The van der Waals surface area contributed by atoms with E-state index in [-0.39, 0.29) is 30.1 Å². The second-order valence-electron chi connectivity index (χ2n) is 9.55. The summed E-state index contributed by atoms with van der Waals surface area (Å²) in [7, 11) is 0. The Bertz CT molecular complexity index is 1280. The Kier molecular flexibility index (Phi) is 8.43. The standard InChI is InChI=1S/C28H31ClF2N4OS/c1-4-11-33-15-28(36)14-23-24(22(32)7-5-6-18(3)30)25(20-9-8-19(31)13-21(20)29)34-27(35(23)16-28)26-17(2)10-12-37-26/h4-5,7-10,12-13,18,25,32-33,36H,1,6,11,14-16H2,2-3H3/b7-5-,32-22?/t18?,25-,28+/m0/s1. The first-order chi connectivity index (χ1) is 17.6. The SMILES string of the molecule is C=CCNC[C@]1(O)CC2=C(C(=N)/C=C\CC(C)F)[C@H](c3ccc(F)cc3Cl)N=C(c3sccc3C)N2C1. The molecule has 4 rings (SSSR count). The molecule has 2 aromatic rings. The number of nitrogens with one attached hydrogen (secondary N) is 2. The summed E-state index contributed by atoms with van der Waals surface area (Å²) in [5, 5.41) is 26.0. The minimum Gasteiger partial charge on any atom is -0.386 e. The molecule has 1 aromatic heterocycles. The van der Waals surface area contributed by atoms with Gasteiger partial charge in [0.25, 0.3) is 0 Å². The third-order valence-corrected chi connectivity index (χ3v) is 7.81. The molecule has 0 aliphatic carbocycles. The second-order valence-corrected chi connectivity index (χ2v) is 10.9. The second kappa shape index (κ2) is 11.4. The largest absolute Gasteiger partial charge is 0.386 e. The maximum absolute atomic E-state index is 14.0. The van der Waals surface area contributed by atoms with Gasteiger partial charge in [-0.3, -0.25) is 4.99 Å². The molecule has 0 radical (unpaired) electrons. The minimum absolute atomic E-state index is 0.153. The van der Waals surface area contributed by atoms with Crippen molar-refractivity contribution < 1.29 is 13.9 Å². The highest BCUT2D eigenvalue weighted by Gasteiger charge is 2.46. The predicted octanol–water partition coefficient (Wildman–Crippen LogP) is 6.14. The smallest absolute Gasteiger partial charge is 0.146 e. The van der Waals surface area contributed by atoms with Gasteiger partial charge in [-0.25, -0.2) is 8.78 Å². The Morgan fingerprint density at radius 3 is 2.89 bits per heavy atom. The van der Waals surface area contributed by atoms with E-state index in [1.165, 1.54) is 19.1 Å². The van der Waals surface area contributed by atoms with Crippen LogP contribution in [0.4, 0.5) is 8.78 Å². The number of thiophene rings is 1. The van der Waals surface area contributed by atoms with Crippen LogP contribution in [0.25, 0.3) is 0 Å². The summed E-state index contributed by atoms with van der Waals surface area (Å²) in [5.41, 5.74) is 1.97. The molecule has 1 fully saturated rings. The zero-order valence-corrected chi connectivity index (χ0v) is 22.5. The highest BCUT2D eigenvalue weighted by molar-refractivity contribution is 7.12. The van der Waals surface area contributed by atoms with Gasteiger partial charge in [0.1, 0.15) is 29.5 Å². The van der Waals surface area contributed by atoms with Crippen LogP contribution in [0.15, 0.2) is 70.7 Å². The quantitative estimate of drug-likeness (QED) is 0.191. The predicted molar refractivity (Wildman–Crippen MR) is 148 cm³/mol. The number of aryl methyl sites for hydroxylation is 1. The van der Waals surface area contributed by atoms with E-state index in [1.54, 1.807) is 35.6 Å². The molecule has 0 spiro atoms. The molecule has 37 heavy (non-hydrogen) atoms. The number of halogens is 3. The number of alkyl halides is 1. The molecule has 3 N–H and O–H groups in total. The van der Waals surface area contributed by atoms with Gasteiger partial charge in [-0.05, 0) is 55.5 Å². The van der Waals surface area contributed by atoms with Gasteiger partial charge < -0.3 is 20.7 Å². The van der Waals surface area contributed by atoms with Crippen LogP contribution in [0.5, 0.6) is 0 Å². The molecule has 1 saturated heterocycles. The molecular formula is C28H31ClF2N4OS. The Morgan fingerprint density at radius 1 is 1.46 bits per heavy atom. The van der Waals surface area contributed by atoms with Crippen LogP contribution in [0, 0.1) is 18.2 Å². The van der Waals surface area contributed by atoms with Crippen LogP contribution in [0.2, 0.25) is 5.02 Å². The monoisotopic (exact) mass is 544 g/mol. The van der Waals surface area contributed by atoms with Crippen molar-refractivity contribution in [2.75, 3.05) is 19.6 Å². The van der Waals surface area contributed by atoms with Crippen molar-refractivity contribution in [3.8, 4) is 0 Å². The first-order valence-corrected chi connectivity index (χ1v) is 13.4. The van der Waals surface area contributed by atoms with Crippen molar-refractivity contribution in [1.29, 1.82) is 5.41 Å². The molecule has 3 atom stereocenters. The third kappa shape index (κ3) is 5.93. The van der Waals surface area contributed by atoms with Crippen LogP contribution >= 0.6 is 22.9 Å². The number of allylic oxidation sites excluding steroid dienone is 2. The van der Waals surface area contributed by atoms with E-state index in [0.717, 1.165) is 16.1 Å². The topological polar surface area (TPSA) is 71.7 Å². The maximum Gasteiger partial charge on any atom is 0.146 e. The van der Waals surface area contributed by atoms with Crippen molar-refractivity contribution in [2.24, 2.45) is 4.99 Å². The zero-order chi connectivity index (χ0) is 26.7. The molecule has 0 saturated carbocycles. The van der Waals surface area contributed by atoms with Gasteiger partial charge in [-0.2, -0.15) is 0 Å². The maximum atomic E-state index is 14.0. The molecule has 2 aliphatic rings. The normalized spacial score (nSPS) is 22.4. The lowest BCUT2D eigenvalue weighted by molar-refractivity contribution is 0.0567. The summed E-state index contributed by atoms with van der Waals surface area (Å²) in [4.78, 5) is 8.03. The van der Waals surface area contributed by atoms with Crippen molar-refractivity contribution in [3.05, 3.63) is 92.6 Å². The van der Waals surface area contributed by atoms with Gasteiger partial charge in [-0.15, -0.1) is 17.9 Å². The summed E-state index contributed by atoms with van der Waals surface area (Å²) in [5.74, 6) is 0.222. The van der Waals surface area contributed by atoms with Gasteiger partial charge in [0.05, 0.1) is 17.1 Å². The molecule has 3 heterocycles. The minimum atomic E-state index is -1.12. The Hall–Kier alpha value is -2.65. The van der Waals surface area contributed by atoms with Gasteiger partial charge >= 0.3 is 0 Å². The van der Waals surface area contributed by atoms with Crippen LogP contribution in [0.3, 0.4) is 0 Å². The fraction of sp³-hybridized carbons (Fsp3) is 0.357. The number of hydrogen-bond acceptors (Lipinski definition) is 6. The molecule has 0 amide bonds. The fourth-order valence-electron chi connectivity index (χ4n) is 4.73. The Balaban J connectivity index is 1.88. The third-order valence-electron chi connectivity index (χ3n) is 6.47. The molecule has 0 bridgehead atoms. The molecular weight excluding hydrogens is 514 g/mol. The van der Waals surface area contributed by atoms with Crippen LogP contribution in [-0.4, -0.2) is 53.0 Å². The van der Waals surface area contributed by atoms with E-state index < -0.39 is 23.6 Å². The van der Waals surface area contributed by atoms with Crippen LogP contribution < -0.4 is 5.32 Å². The van der Waals surface area contributed by atoms with Crippen molar-refractivity contribution in [3.63, 3.8) is 0 Å². The van der Waals surface area contributed by atoms with Crippen molar-refractivity contribution in [2.45, 2.75) is 44.5 Å². The lowest BCUT2D eigenvalue weighted by Gasteiger charge is -2.33. The Morgan fingerprint density at radius 2 is 2.24 bits per heavy atom. The number of aliphatic imine (C=N–C) groups is 1. The molecule has 196 valence electrons. The summed E-state index contributed by atoms with van der Waals surface area (Å²) < 4.78 is 27.4. The van der Waals surface area contributed by atoms with Gasteiger partial charge in [0.2, 0.25) is 0 Å². The summed E-state index contributed by atoms with van der Waals surface area (Å²) in [6.07, 6.45) is 4.35. The number of rotatable bonds is 10. The summed E-state index contributed by atoms with van der Waals surface area (Å²) in [6, 6.07) is 5.48. The lowest BCUT2D eigenvalue weighted by atomic mass is 9.89. The van der Waals surface area contributed by atoms with E-state index in [2.05, 4.69) is 11.9 Å². The highest BCUT2D eigenvalue weighted by atomic mass is 35.5. The fourth-order valence-corrected chi connectivity index (χ4v) is 5.93. The van der Waals surface area contributed by atoms with E-state index in [9.17, 15) is 13.9 Å². The lowest BCUT2D eigenvalue weighted by Crippen LogP contribution is -2.44. The van der Waals surface area contributed by atoms with Gasteiger partial charge in [0, 0.05) is 41.4 Å². The molecule has 9 heteroatoms. The number of nitrogens with zero attached hydrogens (tertiary/aromatic N) is 2. The molecule has 5 nitrogen and oxygen atoms in total. The average Bonchev–Trinajstić information content (AvgIpc) is 3.40. The molecule has 1 unspecified atom stereocenters. The number of hydrogen-bond donors (Lipinski definition) is 3. The Labute approximate surface area is 225 Å². The van der Waals surface area contributed by atoms with Gasteiger partial charge in [0.15, 0.2) is 0 Å². The van der Waals surface area contributed by atoms with E-state index in [0.29, 0.717) is 30.1 Å². The van der Waals surface area contributed by atoms with Gasteiger partial charge in [-0.1, -0.05) is 29.8 Å². The molecule has 2 aliphatic heterocycles. The number of aliphatic hydroxyl groups is 1. The van der Waals surface area contributed by atoms with Crippen molar-refractivity contribution >= 4 is 34.5 Å². The van der Waals surface area contributed by atoms with E-state index >= 15 is 0 Å². The van der Waals surface area contributed by atoms with Crippen molar-refractivity contribution in [1.82, 2.24) is 10.2 Å². The first kappa shape index (κ1) is 27.4. The van der Waals surface area contributed by atoms with E-state index in [4.69, 9.17) is 22.0 Å². The first-order valence-electron chi connectivity index (χ1n) is 12.1. The number of amidine groups is 1. The van der Waals surface area contributed by atoms with Crippen LogP contribution in [0.1, 0.15) is 41.8 Å². The zero-order valence-electron chi connectivity index (χ0n) is 20.9. The summed E-state index contributed by atoms with van der Waals surface area (Å²) in [6.45, 7) is 8.36.